The molecular weight excluding hydrogens is 273 g/mol. The van der Waals surface area contributed by atoms with Crippen molar-refractivity contribution in [3.63, 3.8) is 0 Å². The Kier molecular flexibility index (Phi) is 4.05. The first kappa shape index (κ1) is 13.1. The Balaban J connectivity index is 2.11. The molecule has 2 heterocycles. The Morgan fingerprint density at radius 1 is 1.39 bits per heavy atom. The van der Waals surface area contributed by atoms with E-state index in [1.54, 1.807) is 17.0 Å². The molecule has 6 heteroatoms. The standard InChI is InChI=1S/C12H11Cl2N3O/c13-10-2-1-9(11(14)16-10)12(18)17-5-3-8(7-15)4-6-17/h1-2,8H,3-6H2. The highest BCUT2D eigenvalue weighted by molar-refractivity contribution is 6.34. The number of carbonyl (C=O) groups is 1. The molecule has 0 aromatic carbocycles. The average molecular weight is 284 g/mol. The molecule has 1 aromatic rings. The van der Waals surface area contributed by atoms with Crippen LogP contribution in [0.4, 0.5) is 0 Å². The number of piperidine rings is 1. The van der Waals surface area contributed by atoms with Crippen LogP contribution in [-0.4, -0.2) is 28.9 Å². The number of carbonyl (C=O) groups excluding carboxylic acids is 1. The zero-order valence-corrected chi connectivity index (χ0v) is 11.1. The number of rotatable bonds is 1. The third-order valence-corrected chi connectivity index (χ3v) is 3.51. The average Bonchev–Trinajstić information content (AvgIpc) is 2.38. The molecule has 1 saturated heterocycles. The van der Waals surface area contributed by atoms with Crippen LogP contribution in [-0.2, 0) is 0 Å². The van der Waals surface area contributed by atoms with Gasteiger partial charge < -0.3 is 4.90 Å². The summed E-state index contributed by atoms with van der Waals surface area (Å²) in [6, 6.07) is 5.35. The van der Waals surface area contributed by atoms with Crippen LogP contribution in [0.1, 0.15) is 23.2 Å². The van der Waals surface area contributed by atoms with Gasteiger partial charge in [-0.05, 0) is 25.0 Å². The van der Waals surface area contributed by atoms with Gasteiger partial charge in [-0.2, -0.15) is 5.26 Å². The van der Waals surface area contributed by atoms with E-state index in [-0.39, 0.29) is 22.1 Å². The largest absolute Gasteiger partial charge is 0.338 e. The van der Waals surface area contributed by atoms with Gasteiger partial charge >= 0.3 is 0 Å². The van der Waals surface area contributed by atoms with E-state index in [1.165, 1.54) is 0 Å². The fourth-order valence-corrected chi connectivity index (χ4v) is 2.38. The summed E-state index contributed by atoms with van der Waals surface area (Å²) in [5.41, 5.74) is 0.358. The van der Waals surface area contributed by atoms with Crippen molar-refractivity contribution in [1.29, 1.82) is 5.26 Å². The highest BCUT2D eigenvalue weighted by Crippen LogP contribution is 2.22. The zero-order valence-electron chi connectivity index (χ0n) is 9.57. The van der Waals surface area contributed by atoms with Gasteiger partial charge in [0.25, 0.3) is 5.91 Å². The number of nitriles is 1. The van der Waals surface area contributed by atoms with E-state index >= 15 is 0 Å². The van der Waals surface area contributed by atoms with Crippen molar-refractivity contribution in [3.8, 4) is 6.07 Å². The summed E-state index contributed by atoms with van der Waals surface area (Å²) in [6.45, 7) is 1.16. The number of hydrogen-bond donors (Lipinski definition) is 0. The van der Waals surface area contributed by atoms with Crippen molar-refractivity contribution in [2.45, 2.75) is 12.8 Å². The Bertz CT molecular complexity index is 505. The molecule has 1 aliphatic heterocycles. The molecule has 18 heavy (non-hydrogen) atoms. The number of likely N-dealkylation sites (tertiary alicyclic amines) is 1. The number of hydrogen-bond acceptors (Lipinski definition) is 3. The van der Waals surface area contributed by atoms with Crippen molar-refractivity contribution in [2.75, 3.05) is 13.1 Å². The van der Waals surface area contributed by atoms with Crippen molar-refractivity contribution in [3.05, 3.63) is 28.0 Å². The Labute approximate surface area is 115 Å². The SMILES string of the molecule is N#CC1CCN(C(=O)c2ccc(Cl)nc2Cl)CC1. The van der Waals surface area contributed by atoms with Gasteiger partial charge in [0.2, 0.25) is 0 Å². The zero-order chi connectivity index (χ0) is 13.1. The lowest BCUT2D eigenvalue weighted by molar-refractivity contribution is 0.0707. The summed E-state index contributed by atoms with van der Waals surface area (Å²) in [5, 5.41) is 9.19. The van der Waals surface area contributed by atoms with Crippen LogP contribution in [0.25, 0.3) is 0 Å². The van der Waals surface area contributed by atoms with Crippen LogP contribution in [0.5, 0.6) is 0 Å². The van der Waals surface area contributed by atoms with E-state index in [1.807, 2.05) is 0 Å². The van der Waals surface area contributed by atoms with Gasteiger partial charge in [-0.1, -0.05) is 23.2 Å². The van der Waals surface area contributed by atoms with Crippen LogP contribution in [0.15, 0.2) is 12.1 Å². The predicted octanol–water partition coefficient (Wildman–Crippen LogP) is 2.76. The monoisotopic (exact) mass is 283 g/mol. The van der Waals surface area contributed by atoms with Crippen molar-refractivity contribution in [1.82, 2.24) is 9.88 Å². The third kappa shape index (κ3) is 2.74. The summed E-state index contributed by atoms with van der Waals surface area (Å²) in [7, 11) is 0. The molecule has 0 aliphatic carbocycles. The normalized spacial score (nSPS) is 16.4. The Morgan fingerprint density at radius 3 is 2.61 bits per heavy atom. The molecular formula is C12H11Cl2N3O. The molecule has 0 saturated carbocycles. The van der Waals surface area contributed by atoms with Crippen LogP contribution >= 0.6 is 23.2 Å². The van der Waals surface area contributed by atoms with Crippen LogP contribution in [0, 0.1) is 17.2 Å². The molecule has 0 radical (unpaired) electrons. The summed E-state index contributed by atoms with van der Waals surface area (Å²) in [6.07, 6.45) is 1.42. The van der Waals surface area contributed by atoms with Crippen molar-refractivity contribution < 1.29 is 4.79 Å². The number of pyridine rings is 1. The van der Waals surface area contributed by atoms with E-state index in [4.69, 9.17) is 28.5 Å². The van der Waals surface area contributed by atoms with Crippen LogP contribution in [0.2, 0.25) is 10.3 Å². The predicted molar refractivity (Wildman–Crippen MR) is 68.5 cm³/mol. The summed E-state index contributed by atoms with van der Waals surface area (Å²) >= 11 is 11.6. The molecule has 2 rings (SSSR count). The minimum Gasteiger partial charge on any atom is -0.338 e. The summed E-state index contributed by atoms with van der Waals surface area (Å²) in [5.74, 6) is -0.103. The van der Waals surface area contributed by atoms with Crippen molar-refractivity contribution in [2.24, 2.45) is 5.92 Å². The first-order valence-electron chi connectivity index (χ1n) is 5.62. The smallest absolute Gasteiger partial charge is 0.256 e. The molecule has 1 amide bonds. The lowest BCUT2D eigenvalue weighted by Crippen LogP contribution is -2.38. The highest BCUT2D eigenvalue weighted by Gasteiger charge is 2.25. The van der Waals surface area contributed by atoms with Gasteiger partial charge in [-0.3, -0.25) is 4.79 Å². The second-order valence-electron chi connectivity index (χ2n) is 4.17. The molecule has 0 bridgehead atoms. The van der Waals surface area contributed by atoms with E-state index in [0.29, 0.717) is 31.5 Å². The number of amides is 1. The minimum atomic E-state index is -0.152. The molecule has 94 valence electrons. The Hall–Kier alpha value is -1.31. The van der Waals surface area contributed by atoms with Gasteiger partial charge in [-0.15, -0.1) is 0 Å². The van der Waals surface area contributed by atoms with Gasteiger partial charge in [0.1, 0.15) is 10.3 Å². The molecule has 0 unspecified atom stereocenters. The fraction of sp³-hybridized carbons (Fsp3) is 0.417. The quantitative estimate of drug-likeness (QED) is 0.745. The molecule has 0 atom stereocenters. The van der Waals surface area contributed by atoms with E-state index in [9.17, 15) is 4.79 Å². The minimum absolute atomic E-state index is 0.0489. The summed E-state index contributed by atoms with van der Waals surface area (Å²) in [4.78, 5) is 17.8. The maximum absolute atomic E-state index is 12.2. The molecule has 1 aliphatic rings. The summed E-state index contributed by atoms with van der Waals surface area (Å²) < 4.78 is 0. The van der Waals surface area contributed by atoms with Gasteiger partial charge in [-0.25, -0.2) is 4.98 Å². The third-order valence-electron chi connectivity index (χ3n) is 3.01. The van der Waals surface area contributed by atoms with Gasteiger partial charge in [0.05, 0.1) is 11.6 Å². The van der Waals surface area contributed by atoms with E-state index < -0.39 is 0 Å². The van der Waals surface area contributed by atoms with Crippen LogP contribution in [0.3, 0.4) is 0 Å². The molecule has 0 N–H and O–H groups in total. The number of nitrogens with zero attached hydrogens (tertiary/aromatic N) is 3. The first-order chi connectivity index (χ1) is 8.61. The molecule has 0 spiro atoms. The van der Waals surface area contributed by atoms with Gasteiger partial charge in [0.15, 0.2) is 0 Å². The van der Waals surface area contributed by atoms with E-state index in [2.05, 4.69) is 11.1 Å². The molecule has 1 aromatic heterocycles. The highest BCUT2D eigenvalue weighted by atomic mass is 35.5. The molecule has 1 fully saturated rings. The second-order valence-corrected chi connectivity index (χ2v) is 4.91. The van der Waals surface area contributed by atoms with Crippen molar-refractivity contribution >= 4 is 29.1 Å². The van der Waals surface area contributed by atoms with E-state index in [0.717, 1.165) is 0 Å². The number of aromatic nitrogens is 1. The Morgan fingerprint density at radius 2 is 2.06 bits per heavy atom. The topological polar surface area (TPSA) is 57.0 Å². The fourth-order valence-electron chi connectivity index (χ4n) is 1.95. The number of halogens is 2. The lowest BCUT2D eigenvalue weighted by Gasteiger charge is -2.29. The maximum Gasteiger partial charge on any atom is 0.256 e. The first-order valence-corrected chi connectivity index (χ1v) is 6.38. The second kappa shape index (κ2) is 5.55. The lowest BCUT2D eigenvalue weighted by atomic mass is 9.98. The maximum atomic E-state index is 12.2. The van der Waals surface area contributed by atoms with Gasteiger partial charge in [0, 0.05) is 19.0 Å². The molecule has 4 nitrogen and oxygen atoms in total. The van der Waals surface area contributed by atoms with Crippen LogP contribution < -0.4 is 0 Å².